The highest BCUT2D eigenvalue weighted by Crippen LogP contribution is 2.24. The molecule has 0 radical (unpaired) electrons. The number of nitrogens with zero attached hydrogens (tertiary/aromatic N) is 4. The molecular weight excluding hydrogens is 1500 g/mol. The maximum Gasteiger partial charge on any atom is 0.243 e. The van der Waals surface area contributed by atoms with Crippen molar-refractivity contribution in [1.29, 1.82) is 10.8 Å². The number of carbonyl (C=O) groups excluding carboxylic acids is 8. The number of anilines is 4. The van der Waals surface area contributed by atoms with E-state index in [0.29, 0.717) is 101 Å². The number of nitrogens with two attached hydrogens (primary N) is 1. The van der Waals surface area contributed by atoms with Crippen LogP contribution in [0.25, 0.3) is 0 Å². The zero-order chi connectivity index (χ0) is 81.4. The van der Waals surface area contributed by atoms with Crippen LogP contribution in [0.5, 0.6) is 0 Å². The first kappa shape index (κ1) is 84.3. The van der Waals surface area contributed by atoms with E-state index in [0.717, 1.165) is 41.8 Å². The number of amidine groups is 1. The average Bonchev–Trinajstić information content (AvgIpc) is 0.959. The van der Waals surface area contributed by atoms with Crippen molar-refractivity contribution >= 4 is 101 Å². The Hall–Kier alpha value is -11.6. The summed E-state index contributed by atoms with van der Waals surface area (Å²) in [5, 5.41) is 38.8. The standard InChI is InChI=1S/C44H51N7O6S.C42H48N8O6S/c1-31(45)36-14-8-34(9-15-36)26-46-44(55)40-25-33-12-18-39(19-13-33)48-42(53)28-51-21-5-20-50(22-23-51)27-41(52)47-38-16-10-32(11-17-38)24-37(43(54)49-40)30-58(56,57)29-35-6-3-2-4-7-35;43-40(44)33-12-6-31(7-13-33)24-45-42(54)37-23-30-10-16-36(17-11-30)47-39(52)26-50-20-18-49(19-21-50)25-38(51)46-35-14-8-29(9-15-35)22-34(41(53)48-37)28-57(55,56)27-32-4-2-1-3-5-32/h2-4,6-19,37,40,45H,5,20-30H2,1H3,(H,46,55)(H,47,52)(H,48,53)(H,49,54);1-17,34,37H,18-28H2,(H3,43,44)(H,45,54)(H,46,51)(H,47,52)(H,48,53)/t37-,40-;34-,37-/m00/s1. The van der Waals surface area contributed by atoms with Gasteiger partial charge in [-0.15, -0.1) is 0 Å². The van der Waals surface area contributed by atoms with Gasteiger partial charge in [0.25, 0.3) is 0 Å². The largest absolute Gasteiger partial charge is 0.384 e. The van der Waals surface area contributed by atoms with Crippen molar-refractivity contribution in [1.82, 2.24) is 40.9 Å². The fourth-order valence-electron chi connectivity index (χ4n) is 14.1. The second-order valence-corrected chi connectivity index (χ2v) is 33.9. The van der Waals surface area contributed by atoms with Crippen molar-refractivity contribution < 1.29 is 55.2 Å². The van der Waals surface area contributed by atoms with Crippen LogP contribution in [-0.2, 0) is 108 Å². The smallest absolute Gasteiger partial charge is 0.243 e. The zero-order valence-corrected chi connectivity index (χ0v) is 65.9. The topological polar surface area (TPSA) is 388 Å². The van der Waals surface area contributed by atoms with Crippen molar-refractivity contribution in [2.45, 2.75) is 75.7 Å². The number of piperazine rings is 1. The highest BCUT2D eigenvalue weighted by molar-refractivity contribution is 7.90. The number of nitrogens with one attached hydrogen (secondary N) is 10. The molecule has 0 spiro atoms. The molecule has 8 aromatic carbocycles. The number of rotatable bonds is 16. The molecular formula is C86H99N15O12S2. The second-order valence-electron chi connectivity index (χ2n) is 29.7. The molecule has 2 unspecified atom stereocenters. The third-order valence-electron chi connectivity index (χ3n) is 20.4. The Kier molecular flexibility index (Phi) is 29.6. The molecule has 602 valence electrons. The van der Waals surface area contributed by atoms with Gasteiger partial charge >= 0.3 is 0 Å². The van der Waals surface area contributed by atoms with E-state index in [1.54, 1.807) is 201 Å². The molecule has 6 atom stereocenters. The minimum absolute atomic E-state index is 0.0591. The van der Waals surface area contributed by atoms with Gasteiger partial charge in [-0.1, -0.05) is 158 Å². The number of hydrogen-bond acceptors (Lipinski definition) is 18. The number of carbonyl (C=O) groups is 8. The Bertz CT molecular complexity index is 4960. The van der Waals surface area contributed by atoms with Crippen LogP contribution < -0.4 is 48.3 Å². The molecule has 11 aliphatic heterocycles. The third kappa shape index (κ3) is 27.0. The molecule has 0 aromatic heterocycles. The van der Waals surface area contributed by atoms with Gasteiger partial charge in [-0.2, -0.15) is 0 Å². The van der Waals surface area contributed by atoms with Gasteiger partial charge in [-0.05, 0) is 138 Å². The number of hydrogen-bond donors (Lipinski definition) is 11. The first-order valence-electron chi connectivity index (χ1n) is 38.4. The van der Waals surface area contributed by atoms with Crippen molar-refractivity contribution in [3.05, 3.63) is 262 Å². The summed E-state index contributed by atoms with van der Waals surface area (Å²) >= 11 is 0. The molecule has 115 heavy (non-hydrogen) atoms. The highest BCUT2D eigenvalue weighted by atomic mass is 32.2. The van der Waals surface area contributed by atoms with Gasteiger partial charge in [0.05, 0.1) is 61.0 Å². The molecule has 2 fully saturated rings. The lowest BCUT2D eigenvalue weighted by atomic mass is 9.98. The van der Waals surface area contributed by atoms with Crippen LogP contribution in [0.15, 0.2) is 206 Å². The maximum absolute atomic E-state index is 14.3. The Balaban J connectivity index is 0.000000226. The molecule has 27 nitrogen and oxygen atoms in total. The maximum atomic E-state index is 14.3. The van der Waals surface area contributed by atoms with E-state index in [9.17, 15) is 55.2 Å². The molecule has 8 aromatic rings. The number of sulfone groups is 2. The van der Waals surface area contributed by atoms with Crippen LogP contribution in [-0.4, -0.2) is 197 Å². The molecule has 12 N–H and O–H groups in total. The summed E-state index contributed by atoms with van der Waals surface area (Å²) in [4.78, 5) is 117. The second kappa shape index (κ2) is 40.4. The molecule has 11 aliphatic rings. The van der Waals surface area contributed by atoms with Gasteiger partial charge in [-0.25, -0.2) is 16.8 Å². The van der Waals surface area contributed by atoms with Gasteiger partial charge in [0.15, 0.2) is 19.7 Å². The first-order valence-corrected chi connectivity index (χ1v) is 42.1. The lowest BCUT2D eigenvalue weighted by Gasteiger charge is -2.33. The molecule has 12 bridgehead atoms. The fraction of sp³-hybridized carbons (Fsp3) is 0.326. The van der Waals surface area contributed by atoms with E-state index in [4.69, 9.17) is 16.6 Å². The minimum Gasteiger partial charge on any atom is -0.384 e. The number of benzene rings is 8. The van der Waals surface area contributed by atoms with Gasteiger partial charge in [0.2, 0.25) is 47.3 Å². The summed E-state index contributed by atoms with van der Waals surface area (Å²) in [6.07, 6.45) is 1.12. The van der Waals surface area contributed by atoms with Crippen molar-refractivity contribution in [3.8, 4) is 0 Å². The Morgan fingerprint density at radius 3 is 0.991 bits per heavy atom. The van der Waals surface area contributed by atoms with Crippen LogP contribution in [0, 0.1) is 22.7 Å². The van der Waals surface area contributed by atoms with Crippen molar-refractivity contribution in [2.75, 3.05) is 111 Å². The fourth-order valence-corrected chi connectivity index (χ4v) is 17.5. The average molecular weight is 1600 g/mol. The van der Waals surface area contributed by atoms with E-state index in [1.165, 1.54) is 0 Å². The summed E-state index contributed by atoms with van der Waals surface area (Å²) < 4.78 is 54.6. The summed E-state index contributed by atoms with van der Waals surface area (Å²) in [5.41, 5.74) is 15.1. The Morgan fingerprint density at radius 2 is 0.687 bits per heavy atom. The summed E-state index contributed by atoms with van der Waals surface area (Å²) in [6, 6.07) is 57.5. The monoisotopic (exact) mass is 1600 g/mol. The predicted octanol–water partition coefficient (Wildman–Crippen LogP) is 6.09. The predicted molar refractivity (Wildman–Crippen MR) is 444 cm³/mol. The SMILES string of the molecule is CC(=N)c1ccc(CNC(=O)[C@@H]2Cc3ccc(cc3)NC(=O)CN3CCCN(CC3)CC(=O)Nc3ccc(cc3)C[C@@H](CS(=O)(=O)Cc3ccccc3)C(=O)N2)cc1.N=C(N)c1ccc(CNC(=O)[C@@H]2Cc3ccc(cc3)NC(=O)CN3CCN(CC3)CC(=O)Nc3ccc(cc3)C[C@@H](CS(=O)(=O)Cc3ccccc3)C(=O)N2)cc1. The normalized spacial score (nSPS) is 20.8. The van der Waals surface area contributed by atoms with Crippen molar-refractivity contribution in [3.63, 3.8) is 0 Å². The van der Waals surface area contributed by atoms with E-state index >= 15 is 0 Å². The van der Waals surface area contributed by atoms with Gasteiger partial charge in [0, 0.05) is 99.2 Å². The molecule has 0 aliphatic carbocycles. The Morgan fingerprint density at radius 1 is 0.391 bits per heavy atom. The van der Waals surface area contributed by atoms with E-state index < -0.39 is 78.7 Å². The molecule has 29 heteroatoms. The minimum atomic E-state index is -3.80. The van der Waals surface area contributed by atoms with E-state index in [-0.39, 0.29) is 106 Å². The lowest BCUT2D eigenvalue weighted by molar-refractivity contribution is -0.130. The molecule has 11 heterocycles. The van der Waals surface area contributed by atoms with E-state index in [2.05, 4.69) is 52.3 Å². The zero-order valence-electron chi connectivity index (χ0n) is 64.3. The highest BCUT2D eigenvalue weighted by Gasteiger charge is 2.34. The molecule has 2 saturated heterocycles. The van der Waals surface area contributed by atoms with Crippen LogP contribution >= 0.6 is 0 Å². The van der Waals surface area contributed by atoms with Crippen molar-refractivity contribution in [2.24, 2.45) is 17.6 Å². The van der Waals surface area contributed by atoms with Gasteiger partial charge < -0.3 is 53.7 Å². The number of nitrogen functional groups attached to an aromatic ring is 1. The van der Waals surface area contributed by atoms with Crippen LogP contribution in [0.2, 0.25) is 0 Å². The molecule has 0 saturated carbocycles. The number of fused-ring (bicyclic) bond motifs is 1. The quantitative estimate of drug-likeness (QED) is 0.0385. The van der Waals surface area contributed by atoms with Crippen LogP contribution in [0.1, 0.15) is 69.0 Å². The lowest BCUT2D eigenvalue weighted by Crippen LogP contribution is -2.50. The number of amides is 8. The van der Waals surface area contributed by atoms with Crippen LogP contribution in [0.3, 0.4) is 0 Å². The Labute approximate surface area is 670 Å². The molecule has 8 amide bonds. The molecule has 19 rings (SSSR count). The summed E-state index contributed by atoms with van der Waals surface area (Å²) in [5.74, 6) is -6.46. The van der Waals surface area contributed by atoms with E-state index in [1.807, 2.05) is 21.9 Å². The van der Waals surface area contributed by atoms with Gasteiger partial charge in [-0.3, -0.25) is 63.4 Å². The van der Waals surface area contributed by atoms with Crippen LogP contribution in [0.4, 0.5) is 22.7 Å². The van der Waals surface area contributed by atoms with Gasteiger partial charge in [0.1, 0.15) is 17.9 Å². The first-order chi connectivity index (χ1) is 55.2. The summed E-state index contributed by atoms with van der Waals surface area (Å²) in [6.45, 7) is 8.03. The summed E-state index contributed by atoms with van der Waals surface area (Å²) in [7, 11) is -7.60. The third-order valence-corrected chi connectivity index (χ3v) is 23.7.